The Morgan fingerprint density at radius 1 is 0.515 bits per heavy atom. The van der Waals surface area contributed by atoms with Crippen LogP contribution < -0.4 is 10.6 Å². The van der Waals surface area contributed by atoms with Crippen molar-refractivity contribution in [1.82, 2.24) is 30.2 Å². The molecular formula is C46H60N6O16. The molecule has 22 nitrogen and oxygen atoms in total. The van der Waals surface area contributed by atoms with Crippen LogP contribution in [-0.4, -0.2) is 154 Å². The van der Waals surface area contributed by atoms with Crippen LogP contribution in [0.5, 0.6) is 0 Å². The summed E-state index contributed by atoms with van der Waals surface area (Å²) in [4.78, 5) is 135. The lowest BCUT2D eigenvalue weighted by atomic mass is 10.1. The summed E-state index contributed by atoms with van der Waals surface area (Å²) in [6, 6.07) is 13.1. The molecule has 0 aliphatic carbocycles. The van der Waals surface area contributed by atoms with E-state index in [1.165, 1.54) is 9.80 Å². The van der Waals surface area contributed by atoms with Gasteiger partial charge in [-0.3, -0.25) is 38.6 Å². The number of nitrogens with zero attached hydrogens (tertiary/aromatic N) is 4. The minimum atomic E-state index is -1.60. The number of piperazine rings is 2. The number of imide groups is 2. The van der Waals surface area contributed by atoms with Gasteiger partial charge in [0.2, 0.25) is 23.6 Å². The van der Waals surface area contributed by atoms with E-state index in [-0.39, 0.29) is 39.4 Å². The van der Waals surface area contributed by atoms with Crippen molar-refractivity contribution in [3.63, 3.8) is 0 Å². The Bertz CT molecular complexity index is 1970. The van der Waals surface area contributed by atoms with Crippen molar-refractivity contribution >= 4 is 59.7 Å². The number of amides is 6. The van der Waals surface area contributed by atoms with Crippen LogP contribution in [0.2, 0.25) is 0 Å². The summed E-state index contributed by atoms with van der Waals surface area (Å²) in [5.74, 6) is -6.95. The maximum absolute atomic E-state index is 13.3. The summed E-state index contributed by atoms with van der Waals surface area (Å²) in [6.45, 7) is 9.81. The topological polar surface area (TPSA) is 263 Å². The third-order valence-corrected chi connectivity index (χ3v) is 10.3. The predicted octanol–water partition coefficient (Wildman–Crippen LogP) is 2.16. The van der Waals surface area contributed by atoms with Gasteiger partial charge < -0.3 is 39.1 Å². The number of hydrogen-bond donors (Lipinski definition) is 2. The Morgan fingerprint density at radius 2 is 0.824 bits per heavy atom. The molecule has 0 aromatic heterocycles. The van der Waals surface area contributed by atoms with Crippen LogP contribution in [0.15, 0.2) is 60.7 Å². The summed E-state index contributed by atoms with van der Waals surface area (Å²) in [6.07, 6.45) is -3.35. The lowest BCUT2D eigenvalue weighted by Gasteiger charge is -2.43. The van der Waals surface area contributed by atoms with E-state index in [2.05, 4.69) is 10.6 Å². The number of ether oxygens (including phenoxy) is 6. The van der Waals surface area contributed by atoms with Gasteiger partial charge in [0, 0.05) is 12.1 Å². The number of nitrogens with one attached hydrogen (secondary N) is 2. The number of alkyl carbamates (subject to hydrolysis) is 2. The summed E-state index contributed by atoms with van der Waals surface area (Å²) >= 11 is 0. The fourth-order valence-electron chi connectivity index (χ4n) is 6.57. The van der Waals surface area contributed by atoms with Gasteiger partial charge in [0.25, 0.3) is 0 Å². The first-order chi connectivity index (χ1) is 31.9. The molecule has 68 heavy (non-hydrogen) atoms. The number of carbonyl (C=O) groups is 10. The summed E-state index contributed by atoms with van der Waals surface area (Å²) in [5.41, 5.74) is -0.537. The van der Waals surface area contributed by atoms with E-state index in [1.54, 1.807) is 116 Å². The smallest absolute Gasteiger partial charge is 0.408 e. The van der Waals surface area contributed by atoms with Crippen molar-refractivity contribution in [3.8, 4) is 0 Å². The fourth-order valence-corrected chi connectivity index (χ4v) is 6.57. The summed E-state index contributed by atoms with van der Waals surface area (Å²) in [7, 11) is 0. The molecule has 2 aliphatic heterocycles. The van der Waals surface area contributed by atoms with Gasteiger partial charge in [-0.25, -0.2) is 29.0 Å². The zero-order valence-electron chi connectivity index (χ0n) is 39.5. The van der Waals surface area contributed by atoms with Crippen LogP contribution in [0.25, 0.3) is 0 Å². The lowest BCUT2D eigenvalue weighted by molar-refractivity contribution is -0.170. The average molecular weight is 953 g/mol. The van der Waals surface area contributed by atoms with E-state index in [9.17, 15) is 47.9 Å². The second-order valence-corrected chi connectivity index (χ2v) is 18.0. The predicted molar refractivity (Wildman–Crippen MR) is 236 cm³/mol. The van der Waals surface area contributed by atoms with Crippen molar-refractivity contribution in [1.29, 1.82) is 0 Å². The number of esters is 4. The second-order valence-electron chi connectivity index (χ2n) is 18.0. The fraction of sp³-hybridized carbons (Fsp3) is 0.522. The molecule has 2 heterocycles. The van der Waals surface area contributed by atoms with Gasteiger partial charge in [0.15, 0.2) is 13.5 Å². The molecule has 370 valence electrons. The first-order valence-electron chi connectivity index (χ1n) is 21.7. The van der Waals surface area contributed by atoms with E-state index in [1.807, 2.05) is 0 Å². The molecule has 2 saturated heterocycles. The van der Waals surface area contributed by atoms with E-state index in [4.69, 9.17) is 28.4 Å². The molecule has 0 radical (unpaired) electrons. The van der Waals surface area contributed by atoms with Crippen LogP contribution in [0.4, 0.5) is 9.59 Å². The highest BCUT2D eigenvalue weighted by Crippen LogP contribution is 2.19. The van der Waals surface area contributed by atoms with Gasteiger partial charge in [-0.15, -0.1) is 0 Å². The van der Waals surface area contributed by atoms with Crippen molar-refractivity contribution in [2.75, 3.05) is 39.6 Å². The number of carbonyl (C=O) groups excluding carboxylic acids is 10. The molecule has 0 bridgehead atoms. The minimum Gasteiger partial charge on any atom is -0.461 e. The zero-order chi connectivity index (χ0) is 50.3. The van der Waals surface area contributed by atoms with E-state index in [0.717, 1.165) is 0 Å². The molecule has 2 aromatic carbocycles. The van der Waals surface area contributed by atoms with Crippen LogP contribution in [-0.2, 0) is 80.0 Å². The molecular weight excluding hydrogens is 893 g/mol. The molecule has 2 aliphatic rings. The van der Waals surface area contributed by atoms with Crippen LogP contribution in [0.1, 0.15) is 79.4 Å². The third-order valence-electron chi connectivity index (χ3n) is 10.3. The molecule has 2 fully saturated rings. The maximum Gasteiger partial charge on any atom is 0.408 e. The van der Waals surface area contributed by atoms with Crippen LogP contribution >= 0.6 is 0 Å². The normalized spacial score (nSPS) is 16.7. The molecule has 0 saturated carbocycles. The average Bonchev–Trinajstić information content (AvgIpc) is 3.25. The molecule has 4 rings (SSSR count). The Morgan fingerprint density at radius 3 is 1.12 bits per heavy atom. The quantitative estimate of drug-likeness (QED) is 0.116. The first kappa shape index (κ1) is 53.7. The highest BCUT2D eigenvalue weighted by atomic mass is 16.6. The largest absolute Gasteiger partial charge is 0.461 e. The molecule has 4 atom stereocenters. The molecule has 2 N–H and O–H groups in total. The number of rotatable bonds is 19. The van der Waals surface area contributed by atoms with Crippen molar-refractivity contribution in [2.45, 2.75) is 117 Å². The highest BCUT2D eigenvalue weighted by Gasteiger charge is 2.41. The standard InChI is InChI=1S/C46H60N6O16/c1-29(49-21-35(53)51(36(54)22-49)27-65-41(59)33(47-43(61)67-45(3,4)5)19-39(57)63-25-31-15-11-9-12-16-31)30(2)50-23-37(55)52(38(56)24-50)28-66-42(60)34(48-44(62)68-46(6,7)8)20-40(58)64-26-32-17-13-10-14-18-32/h9-18,29-30,33-34H,19-28H2,1-8H3,(H,47,61)(H,48,62). The highest BCUT2D eigenvalue weighted by molar-refractivity contribution is 6.00. The zero-order valence-corrected chi connectivity index (χ0v) is 39.5. The Labute approximate surface area is 393 Å². The van der Waals surface area contributed by atoms with E-state index < -0.39 is 121 Å². The van der Waals surface area contributed by atoms with Gasteiger partial charge in [-0.05, 0) is 66.5 Å². The van der Waals surface area contributed by atoms with E-state index in [0.29, 0.717) is 20.9 Å². The van der Waals surface area contributed by atoms with E-state index >= 15 is 0 Å². The van der Waals surface area contributed by atoms with Gasteiger partial charge in [-0.1, -0.05) is 60.7 Å². The van der Waals surface area contributed by atoms with Gasteiger partial charge in [-0.2, -0.15) is 0 Å². The number of benzene rings is 2. The summed E-state index contributed by atoms with van der Waals surface area (Å²) in [5, 5.41) is 4.57. The Hall–Kier alpha value is -6.94. The van der Waals surface area contributed by atoms with Crippen molar-refractivity contribution in [2.24, 2.45) is 0 Å². The number of hydrogen-bond acceptors (Lipinski definition) is 18. The molecule has 4 unspecified atom stereocenters. The minimum absolute atomic E-state index is 0.102. The Kier molecular flexibility index (Phi) is 19.1. The SMILES string of the molecule is CC(C(C)N1CC(=O)N(COC(=O)C(CC(=O)OCc2ccccc2)NC(=O)OC(C)(C)C)C(=O)C1)N1CC(=O)N(COC(=O)C(CC(=O)OCc2ccccc2)NC(=O)OC(C)(C)C)C(=O)C1. The van der Waals surface area contributed by atoms with Crippen molar-refractivity contribution in [3.05, 3.63) is 71.8 Å². The Balaban J connectivity index is 1.30. The molecule has 2 aromatic rings. The van der Waals surface area contributed by atoms with Gasteiger partial charge in [0.05, 0.1) is 39.0 Å². The molecule has 6 amide bonds. The van der Waals surface area contributed by atoms with Gasteiger partial charge >= 0.3 is 36.1 Å². The lowest BCUT2D eigenvalue weighted by Crippen LogP contribution is -2.63. The third kappa shape index (κ3) is 17.4. The second kappa shape index (κ2) is 24.2. The van der Waals surface area contributed by atoms with Crippen molar-refractivity contribution < 1.29 is 76.4 Å². The molecule has 22 heteroatoms. The molecule has 0 spiro atoms. The summed E-state index contributed by atoms with van der Waals surface area (Å²) < 4.78 is 31.5. The van der Waals surface area contributed by atoms with Gasteiger partial charge in [0.1, 0.15) is 36.5 Å². The first-order valence-corrected chi connectivity index (χ1v) is 21.7. The maximum atomic E-state index is 13.3. The monoisotopic (exact) mass is 952 g/mol. The van der Waals surface area contributed by atoms with Crippen LogP contribution in [0.3, 0.4) is 0 Å². The van der Waals surface area contributed by atoms with Crippen LogP contribution in [0, 0.1) is 0 Å².